The Hall–Kier alpha value is -1.06. The molecule has 0 radical (unpaired) electrons. The van der Waals surface area contributed by atoms with E-state index in [4.69, 9.17) is 9.47 Å². The van der Waals surface area contributed by atoms with Crippen molar-refractivity contribution >= 4 is 0 Å². The molecule has 0 unspecified atom stereocenters. The highest BCUT2D eigenvalue weighted by atomic mass is 16.5. The summed E-state index contributed by atoms with van der Waals surface area (Å²) in [7, 11) is 1.71. The second-order valence-electron chi connectivity index (χ2n) is 6.12. The van der Waals surface area contributed by atoms with E-state index >= 15 is 0 Å². The number of piperidine rings is 1. The first-order chi connectivity index (χ1) is 9.85. The molecular formula is C17H25NO2. The maximum Gasteiger partial charge on any atom is 0.118 e. The number of hydrogen-bond acceptors (Lipinski definition) is 3. The Morgan fingerprint density at radius 1 is 1.15 bits per heavy atom. The van der Waals surface area contributed by atoms with Crippen LogP contribution in [0.3, 0.4) is 0 Å². The van der Waals surface area contributed by atoms with E-state index in [1.807, 2.05) is 12.1 Å². The normalized spacial score (nSPS) is 26.4. The molecule has 0 amide bonds. The summed E-state index contributed by atoms with van der Waals surface area (Å²) in [5.41, 5.74) is 1.37. The number of ether oxygens (including phenoxy) is 2. The SMILES string of the molecule is COc1ccc(C[C@@H]2CNCC[C@@H]2OCC2CC2)cc1. The fraction of sp³-hybridized carbons (Fsp3) is 0.647. The minimum Gasteiger partial charge on any atom is -0.497 e. The van der Waals surface area contributed by atoms with Gasteiger partial charge < -0.3 is 14.8 Å². The Labute approximate surface area is 121 Å². The van der Waals surface area contributed by atoms with Crippen molar-refractivity contribution in [2.75, 3.05) is 26.8 Å². The molecule has 110 valence electrons. The van der Waals surface area contributed by atoms with Gasteiger partial charge in [-0.25, -0.2) is 0 Å². The standard InChI is InChI=1S/C17H25NO2/c1-19-16-6-4-13(5-7-16)10-15-11-18-9-8-17(15)20-12-14-2-3-14/h4-7,14-15,17-18H,2-3,8-12H2,1H3/t15-,17+/m1/s1. The average Bonchev–Trinajstić information content (AvgIpc) is 3.31. The van der Waals surface area contributed by atoms with Crippen LogP contribution in [0.1, 0.15) is 24.8 Å². The Balaban J connectivity index is 1.56. The molecule has 1 N–H and O–H groups in total. The second-order valence-corrected chi connectivity index (χ2v) is 6.12. The van der Waals surface area contributed by atoms with E-state index < -0.39 is 0 Å². The van der Waals surface area contributed by atoms with E-state index in [1.54, 1.807) is 7.11 Å². The minimum absolute atomic E-state index is 0.430. The second kappa shape index (κ2) is 6.59. The highest BCUT2D eigenvalue weighted by molar-refractivity contribution is 5.27. The summed E-state index contributed by atoms with van der Waals surface area (Å²) >= 11 is 0. The van der Waals surface area contributed by atoms with Crippen molar-refractivity contribution in [2.45, 2.75) is 31.8 Å². The Morgan fingerprint density at radius 2 is 1.95 bits per heavy atom. The molecule has 0 spiro atoms. The van der Waals surface area contributed by atoms with E-state index in [2.05, 4.69) is 17.4 Å². The van der Waals surface area contributed by atoms with Crippen molar-refractivity contribution in [1.29, 1.82) is 0 Å². The topological polar surface area (TPSA) is 30.5 Å². The lowest BCUT2D eigenvalue weighted by atomic mass is 9.89. The third kappa shape index (κ3) is 3.74. The van der Waals surface area contributed by atoms with Crippen molar-refractivity contribution in [2.24, 2.45) is 11.8 Å². The van der Waals surface area contributed by atoms with Gasteiger partial charge in [-0.1, -0.05) is 12.1 Å². The molecule has 2 aliphatic rings. The van der Waals surface area contributed by atoms with Gasteiger partial charge in [0.25, 0.3) is 0 Å². The fourth-order valence-corrected chi connectivity index (χ4v) is 2.93. The van der Waals surface area contributed by atoms with Crippen LogP contribution in [0, 0.1) is 11.8 Å². The summed E-state index contributed by atoms with van der Waals surface area (Å²) in [4.78, 5) is 0. The number of benzene rings is 1. The van der Waals surface area contributed by atoms with E-state index in [9.17, 15) is 0 Å². The lowest BCUT2D eigenvalue weighted by molar-refractivity contribution is -0.00978. The largest absolute Gasteiger partial charge is 0.497 e. The Morgan fingerprint density at radius 3 is 2.65 bits per heavy atom. The molecule has 1 saturated heterocycles. The van der Waals surface area contributed by atoms with E-state index in [1.165, 1.54) is 18.4 Å². The van der Waals surface area contributed by atoms with Crippen LogP contribution < -0.4 is 10.1 Å². The third-order valence-corrected chi connectivity index (χ3v) is 4.44. The third-order valence-electron chi connectivity index (χ3n) is 4.44. The highest BCUT2D eigenvalue weighted by Gasteiger charge is 2.29. The average molecular weight is 275 g/mol. The van der Waals surface area contributed by atoms with Gasteiger partial charge in [0.2, 0.25) is 0 Å². The van der Waals surface area contributed by atoms with E-state index in [0.717, 1.165) is 44.2 Å². The minimum atomic E-state index is 0.430. The van der Waals surface area contributed by atoms with Crippen molar-refractivity contribution < 1.29 is 9.47 Å². The summed E-state index contributed by atoms with van der Waals surface area (Å²) in [6, 6.07) is 8.44. The molecule has 0 bridgehead atoms. The van der Waals surface area contributed by atoms with Crippen LogP contribution in [0.5, 0.6) is 5.75 Å². The molecule has 20 heavy (non-hydrogen) atoms. The zero-order chi connectivity index (χ0) is 13.8. The van der Waals surface area contributed by atoms with Gasteiger partial charge in [0.05, 0.1) is 13.2 Å². The molecule has 1 aromatic rings. The van der Waals surface area contributed by atoms with E-state index in [-0.39, 0.29) is 0 Å². The maximum atomic E-state index is 6.17. The molecule has 2 atom stereocenters. The van der Waals surface area contributed by atoms with Gasteiger partial charge >= 0.3 is 0 Å². The van der Waals surface area contributed by atoms with Gasteiger partial charge in [-0.3, -0.25) is 0 Å². The molecule has 1 heterocycles. The van der Waals surface area contributed by atoms with Gasteiger partial charge in [0.15, 0.2) is 0 Å². The van der Waals surface area contributed by atoms with Crippen LogP contribution >= 0.6 is 0 Å². The molecule has 3 nitrogen and oxygen atoms in total. The molecule has 1 saturated carbocycles. The fourth-order valence-electron chi connectivity index (χ4n) is 2.93. The number of methoxy groups -OCH3 is 1. The molecule has 2 fully saturated rings. The summed E-state index contributed by atoms with van der Waals surface area (Å²) in [6.07, 6.45) is 5.40. The molecule has 1 aromatic carbocycles. The monoisotopic (exact) mass is 275 g/mol. The summed E-state index contributed by atoms with van der Waals surface area (Å²) in [5.74, 6) is 2.37. The molecule has 3 rings (SSSR count). The zero-order valence-corrected chi connectivity index (χ0v) is 12.3. The first kappa shape index (κ1) is 13.9. The van der Waals surface area contributed by atoms with Gasteiger partial charge in [0, 0.05) is 19.1 Å². The summed E-state index contributed by atoms with van der Waals surface area (Å²) in [6.45, 7) is 3.14. The Kier molecular flexibility index (Phi) is 4.58. The summed E-state index contributed by atoms with van der Waals surface area (Å²) < 4.78 is 11.4. The quantitative estimate of drug-likeness (QED) is 0.866. The number of nitrogens with one attached hydrogen (secondary N) is 1. The maximum absolute atomic E-state index is 6.17. The lowest BCUT2D eigenvalue weighted by Gasteiger charge is -2.32. The van der Waals surface area contributed by atoms with E-state index in [0.29, 0.717) is 12.0 Å². The predicted molar refractivity (Wildman–Crippen MR) is 80.1 cm³/mol. The first-order valence-electron chi connectivity index (χ1n) is 7.80. The number of rotatable bonds is 6. The van der Waals surface area contributed by atoms with Crippen LogP contribution in [-0.4, -0.2) is 32.9 Å². The molecule has 3 heteroatoms. The van der Waals surface area contributed by atoms with Crippen LogP contribution in [0.25, 0.3) is 0 Å². The lowest BCUT2D eigenvalue weighted by Crippen LogP contribution is -2.42. The van der Waals surface area contributed by atoms with Crippen molar-refractivity contribution in [3.63, 3.8) is 0 Å². The summed E-state index contributed by atoms with van der Waals surface area (Å²) in [5, 5.41) is 3.51. The van der Waals surface area contributed by atoms with Crippen molar-refractivity contribution in [1.82, 2.24) is 5.32 Å². The van der Waals surface area contributed by atoms with Crippen LogP contribution in [0.15, 0.2) is 24.3 Å². The number of hydrogen-bond donors (Lipinski definition) is 1. The molecule has 1 aliphatic heterocycles. The van der Waals surface area contributed by atoms with Gasteiger partial charge in [-0.2, -0.15) is 0 Å². The highest BCUT2D eigenvalue weighted by Crippen LogP contribution is 2.31. The smallest absolute Gasteiger partial charge is 0.118 e. The first-order valence-corrected chi connectivity index (χ1v) is 7.80. The van der Waals surface area contributed by atoms with Gasteiger partial charge in [-0.15, -0.1) is 0 Å². The van der Waals surface area contributed by atoms with Gasteiger partial charge in [-0.05, 0) is 55.8 Å². The predicted octanol–water partition coefficient (Wildman–Crippen LogP) is 2.64. The molecule has 1 aliphatic carbocycles. The van der Waals surface area contributed by atoms with Crippen LogP contribution in [-0.2, 0) is 11.2 Å². The van der Waals surface area contributed by atoms with Gasteiger partial charge in [0.1, 0.15) is 5.75 Å². The Bertz CT molecular complexity index is 414. The van der Waals surface area contributed by atoms with Crippen LogP contribution in [0.4, 0.5) is 0 Å². The van der Waals surface area contributed by atoms with Crippen LogP contribution in [0.2, 0.25) is 0 Å². The van der Waals surface area contributed by atoms with Crippen molar-refractivity contribution in [3.05, 3.63) is 29.8 Å². The zero-order valence-electron chi connectivity index (χ0n) is 12.3. The molecule has 0 aromatic heterocycles. The molecular weight excluding hydrogens is 250 g/mol. The van der Waals surface area contributed by atoms with Crippen molar-refractivity contribution in [3.8, 4) is 5.75 Å².